The molecule has 0 aromatic carbocycles. The van der Waals surface area contributed by atoms with Crippen LogP contribution in [-0.2, 0) is 4.79 Å². The second kappa shape index (κ2) is 2.87. The van der Waals surface area contributed by atoms with Crippen molar-refractivity contribution >= 4 is 5.91 Å². The van der Waals surface area contributed by atoms with Crippen LogP contribution >= 0.6 is 0 Å². The first kappa shape index (κ1) is 10.3. The van der Waals surface area contributed by atoms with Crippen LogP contribution in [0.3, 0.4) is 0 Å². The van der Waals surface area contributed by atoms with E-state index < -0.39 is 36.4 Å². The average molecular weight is 197 g/mol. The van der Waals surface area contributed by atoms with Crippen LogP contribution in [-0.4, -0.2) is 23.3 Å². The van der Waals surface area contributed by atoms with Crippen molar-refractivity contribution < 1.29 is 23.1 Å². The minimum atomic E-state index is -4.66. The molecule has 1 fully saturated rings. The average Bonchev–Trinajstić information content (AvgIpc) is 2.30. The van der Waals surface area contributed by atoms with Gasteiger partial charge in [0.2, 0.25) is 5.91 Å². The van der Waals surface area contributed by atoms with Gasteiger partial charge in [0.1, 0.15) is 5.41 Å². The number of alkyl halides is 3. The van der Waals surface area contributed by atoms with E-state index in [-0.39, 0.29) is 6.42 Å². The maximum atomic E-state index is 12.4. The van der Waals surface area contributed by atoms with Gasteiger partial charge in [-0.3, -0.25) is 4.79 Å². The Balaban J connectivity index is 2.97. The first-order chi connectivity index (χ1) is 5.79. The molecule has 0 radical (unpaired) electrons. The molecule has 1 amide bonds. The standard InChI is InChI=1S/C7H10F3NO2/c8-7(9,10)6(5(11)13)2-1-4(12)3-6/h4,12H,1-3H2,(H2,11,13)/t4-,6-/m0/s1. The molecule has 76 valence electrons. The van der Waals surface area contributed by atoms with Crippen LogP contribution in [0.25, 0.3) is 0 Å². The highest BCUT2D eigenvalue weighted by molar-refractivity contribution is 5.82. The number of hydrogen-bond donors (Lipinski definition) is 2. The molecule has 1 rings (SSSR count). The third-order valence-corrected chi connectivity index (χ3v) is 2.50. The van der Waals surface area contributed by atoms with E-state index in [0.717, 1.165) is 0 Å². The van der Waals surface area contributed by atoms with Crippen LogP contribution in [0.15, 0.2) is 0 Å². The molecule has 2 atom stereocenters. The normalized spacial score (nSPS) is 34.9. The first-order valence-electron chi connectivity index (χ1n) is 3.84. The molecule has 3 N–H and O–H groups in total. The summed E-state index contributed by atoms with van der Waals surface area (Å²) < 4.78 is 37.3. The Morgan fingerprint density at radius 3 is 2.23 bits per heavy atom. The molecular weight excluding hydrogens is 187 g/mol. The summed E-state index contributed by atoms with van der Waals surface area (Å²) in [6.07, 6.45) is -6.77. The Morgan fingerprint density at radius 1 is 1.54 bits per heavy atom. The van der Waals surface area contributed by atoms with E-state index >= 15 is 0 Å². The van der Waals surface area contributed by atoms with Crippen molar-refractivity contribution in [3.8, 4) is 0 Å². The molecule has 1 aliphatic rings. The third kappa shape index (κ3) is 1.50. The first-order valence-corrected chi connectivity index (χ1v) is 3.84. The van der Waals surface area contributed by atoms with Gasteiger partial charge in [-0.15, -0.1) is 0 Å². The van der Waals surface area contributed by atoms with Crippen molar-refractivity contribution in [1.82, 2.24) is 0 Å². The summed E-state index contributed by atoms with van der Waals surface area (Å²) in [5.74, 6) is -1.39. The minimum Gasteiger partial charge on any atom is -0.393 e. The van der Waals surface area contributed by atoms with Gasteiger partial charge in [-0.1, -0.05) is 0 Å². The van der Waals surface area contributed by atoms with Crippen LogP contribution in [0.2, 0.25) is 0 Å². The summed E-state index contributed by atoms with van der Waals surface area (Å²) >= 11 is 0. The number of amides is 1. The highest BCUT2D eigenvalue weighted by Crippen LogP contribution is 2.50. The number of carbonyl (C=O) groups is 1. The molecule has 0 heterocycles. The maximum Gasteiger partial charge on any atom is 0.403 e. The highest BCUT2D eigenvalue weighted by atomic mass is 19.4. The zero-order chi connectivity index (χ0) is 10.3. The molecule has 3 nitrogen and oxygen atoms in total. The van der Waals surface area contributed by atoms with Gasteiger partial charge in [-0.2, -0.15) is 13.2 Å². The summed E-state index contributed by atoms with van der Waals surface area (Å²) in [7, 11) is 0. The molecular formula is C7H10F3NO2. The van der Waals surface area contributed by atoms with Gasteiger partial charge in [0, 0.05) is 0 Å². The van der Waals surface area contributed by atoms with E-state index in [4.69, 9.17) is 10.8 Å². The fraction of sp³-hybridized carbons (Fsp3) is 0.857. The van der Waals surface area contributed by atoms with Crippen molar-refractivity contribution in [3.63, 3.8) is 0 Å². The SMILES string of the molecule is NC(=O)[C@]1(C(F)(F)F)CC[C@H](O)C1. The van der Waals surface area contributed by atoms with E-state index in [0.29, 0.717) is 0 Å². The number of hydrogen-bond acceptors (Lipinski definition) is 2. The second-order valence-corrected chi connectivity index (χ2v) is 3.34. The summed E-state index contributed by atoms with van der Waals surface area (Å²) in [5.41, 5.74) is 2.20. The van der Waals surface area contributed by atoms with Crippen molar-refractivity contribution in [3.05, 3.63) is 0 Å². The summed E-state index contributed by atoms with van der Waals surface area (Å²) in [6, 6.07) is 0. The number of carbonyl (C=O) groups excluding carboxylic acids is 1. The number of halogens is 3. The monoisotopic (exact) mass is 197 g/mol. The lowest BCUT2D eigenvalue weighted by atomic mass is 9.84. The van der Waals surface area contributed by atoms with Crippen LogP contribution in [0.5, 0.6) is 0 Å². The third-order valence-electron chi connectivity index (χ3n) is 2.50. The Labute approximate surface area is 72.7 Å². The number of aliphatic hydroxyl groups is 1. The van der Waals surface area contributed by atoms with Gasteiger partial charge in [-0.05, 0) is 19.3 Å². The number of nitrogens with two attached hydrogens (primary N) is 1. The number of rotatable bonds is 1. The lowest BCUT2D eigenvalue weighted by Gasteiger charge is -2.27. The molecule has 0 spiro atoms. The smallest absolute Gasteiger partial charge is 0.393 e. The lowest BCUT2D eigenvalue weighted by Crippen LogP contribution is -2.47. The van der Waals surface area contributed by atoms with Crippen LogP contribution < -0.4 is 5.73 Å². The molecule has 0 unspecified atom stereocenters. The van der Waals surface area contributed by atoms with Crippen LogP contribution in [0.4, 0.5) is 13.2 Å². The lowest BCUT2D eigenvalue weighted by molar-refractivity contribution is -0.220. The zero-order valence-corrected chi connectivity index (χ0v) is 6.77. The van der Waals surface area contributed by atoms with E-state index in [9.17, 15) is 18.0 Å². The fourth-order valence-corrected chi connectivity index (χ4v) is 1.64. The number of aliphatic hydroxyl groups excluding tert-OH is 1. The van der Waals surface area contributed by atoms with E-state index in [1.807, 2.05) is 0 Å². The van der Waals surface area contributed by atoms with Crippen molar-refractivity contribution in [2.45, 2.75) is 31.5 Å². The summed E-state index contributed by atoms with van der Waals surface area (Å²) in [4.78, 5) is 10.7. The predicted octanol–water partition coefficient (Wildman–Crippen LogP) is 0.565. The van der Waals surface area contributed by atoms with Crippen molar-refractivity contribution in [2.75, 3.05) is 0 Å². The topological polar surface area (TPSA) is 63.3 Å². The van der Waals surface area contributed by atoms with Gasteiger partial charge in [0.25, 0.3) is 0 Å². The maximum absolute atomic E-state index is 12.4. The Kier molecular flexibility index (Phi) is 2.27. The fourth-order valence-electron chi connectivity index (χ4n) is 1.64. The Morgan fingerprint density at radius 2 is 2.08 bits per heavy atom. The zero-order valence-electron chi connectivity index (χ0n) is 6.77. The second-order valence-electron chi connectivity index (χ2n) is 3.34. The quantitative estimate of drug-likeness (QED) is 0.645. The molecule has 0 bridgehead atoms. The van der Waals surface area contributed by atoms with Crippen LogP contribution in [0.1, 0.15) is 19.3 Å². The Hall–Kier alpha value is -0.780. The van der Waals surface area contributed by atoms with Gasteiger partial charge in [-0.25, -0.2) is 0 Å². The Bertz CT molecular complexity index is 228. The molecule has 6 heteroatoms. The molecule has 13 heavy (non-hydrogen) atoms. The summed E-state index contributed by atoms with van der Waals surface area (Å²) in [5, 5.41) is 8.97. The predicted molar refractivity (Wildman–Crippen MR) is 37.5 cm³/mol. The molecule has 0 aliphatic heterocycles. The van der Waals surface area contributed by atoms with Gasteiger partial charge >= 0.3 is 6.18 Å². The largest absolute Gasteiger partial charge is 0.403 e. The van der Waals surface area contributed by atoms with E-state index in [2.05, 4.69) is 0 Å². The minimum absolute atomic E-state index is 0.0253. The van der Waals surface area contributed by atoms with Crippen LogP contribution in [0, 0.1) is 5.41 Å². The van der Waals surface area contributed by atoms with Gasteiger partial charge < -0.3 is 10.8 Å². The molecule has 1 saturated carbocycles. The van der Waals surface area contributed by atoms with Crippen molar-refractivity contribution in [2.24, 2.45) is 11.1 Å². The van der Waals surface area contributed by atoms with E-state index in [1.54, 1.807) is 0 Å². The van der Waals surface area contributed by atoms with E-state index in [1.165, 1.54) is 0 Å². The molecule has 0 aromatic heterocycles. The molecule has 0 saturated heterocycles. The molecule has 1 aliphatic carbocycles. The number of primary amides is 1. The summed E-state index contributed by atoms with van der Waals surface area (Å²) in [6.45, 7) is 0. The highest BCUT2D eigenvalue weighted by Gasteiger charge is 2.62. The van der Waals surface area contributed by atoms with Gasteiger partial charge in [0.05, 0.1) is 6.10 Å². The molecule has 0 aromatic rings. The van der Waals surface area contributed by atoms with Gasteiger partial charge in [0.15, 0.2) is 0 Å². The van der Waals surface area contributed by atoms with Crippen molar-refractivity contribution in [1.29, 1.82) is 0 Å².